The van der Waals surface area contributed by atoms with Crippen molar-refractivity contribution in [3.63, 3.8) is 0 Å². The van der Waals surface area contributed by atoms with Crippen molar-refractivity contribution in [2.75, 3.05) is 18.5 Å². The van der Waals surface area contributed by atoms with Gasteiger partial charge < -0.3 is 15.8 Å². The van der Waals surface area contributed by atoms with Crippen molar-refractivity contribution in [3.05, 3.63) is 59.7 Å². The molecule has 0 aliphatic carbocycles. The average molecular weight is 411 g/mol. The van der Waals surface area contributed by atoms with Crippen molar-refractivity contribution < 1.29 is 4.74 Å². The number of nitrogens with one attached hydrogen (secondary N) is 1. The molecule has 2 rings (SSSR count). The first-order chi connectivity index (χ1) is 10.1. The number of nitrogens with zero attached hydrogens (tertiary/aromatic N) is 1. The van der Waals surface area contributed by atoms with Crippen LogP contribution >= 0.6 is 24.0 Å². The lowest BCUT2D eigenvalue weighted by molar-refractivity contribution is 0.328. The summed E-state index contributed by atoms with van der Waals surface area (Å²) in [6.07, 6.45) is 0. The molecule has 3 N–H and O–H groups in total. The lowest BCUT2D eigenvalue weighted by atomic mass is 10.2. The number of benzene rings is 2. The monoisotopic (exact) mass is 411 g/mol. The van der Waals surface area contributed by atoms with E-state index >= 15 is 0 Å². The summed E-state index contributed by atoms with van der Waals surface area (Å²) in [5, 5.41) is 3.05. The molecular formula is C17H22IN3O. The molecule has 0 aliphatic heterocycles. The second-order valence-electron chi connectivity index (χ2n) is 4.92. The molecule has 4 nitrogen and oxygen atoms in total. The first kappa shape index (κ1) is 18.3. The zero-order valence-corrected chi connectivity index (χ0v) is 15.2. The van der Waals surface area contributed by atoms with E-state index in [0.29, 0.717) is 19.1 Å². The van der Waals surface area contributed by atoms with Gasteiger partial charge in [0.1, 0.15) is 12.4 Å². The number of aliphatic imine (C=N–C) groups is 1. The number of anilines is 1. The molecule has 0 heterocycles. The minimum absolute atomic E-state index is 0. The Morgan fingerprint density at radius 3 is 2.50 bits per heavy atom. The summed E-state index contributed by atoms with van der Waals surface area (Å²) in [4.78, 5) is 4.24. The van der Waals surface area contributed by atoms with Crippen LogP contribution in [-0.2, 0) is 0 Å². The highest BCUT2D eigenvalue weighted by Crippen LogP contribution is 2.12. The van der Waals surface area contributed by atoms with Crippen LogP contribution in [0.25, 0.3) is 0 Å². The lowest BCUT2D eigenvalue weighted by Crippen LogP contribution is -2.23. The summed E-state index contributed by atoms with van der Waals surface area (Å²) < 4.78 is 5.61. The molecule has 0 atom stereocenters. The Kier molecular flexibility index (Phi) is 7.73. The van der Waals surface area contributed by atoms with Crippen molar-refractivity contribution in [2.45, 2.75) is 13.8 Å². The smallest absolute Gasteiger partial charge is 0.193 e. The minimum atomic E-state index is 0. The fourth-order valence-corrected chi connectivity index (χ4v) is 1.86. The number of aryl methyl sites for hydroxylation is 2. The molecule has 0 saturated heterocycles. The van der Waals surface area contributed by atoms with Crippen molar-refractivity contribution in [2.24, 2.45) is 10.7 Å². The number of hydrogen-bond acceptors (Lipinski definition) is 2. The molecule has 118 valence electrons. The standard InChI is InChI=1S/C17H21N3O.HI/c1-13-6-8-15(9-7-13)20-17(18)19-10-11-21-16-5-3-4-14(2)12-16;/h3-9,12H,10-11H2,1-2H3,(H3,18,19,20);1H. The highest BCUT2D eigenvalue weighted by molar-refractivity contribution is 14.0. The van der Waals surface area contributed by atoms with E-state index in [1.54, 1.807) is 0 Å². The van der Waals surface area contributed by atoms with Crippen molar-refractivity contribution in [1.82, 2.24) is 0 Å². The van der Waals surface area contributed by atoms with Crippen LogP contribution < -0.4 is 15.8 Å². The van der Waals surface area contributed by atoms with Crippen LogP contribution in [0.3, 0.4) is 0 Å². The molecule has 0 aliphatic rings. The van der Waals surface area contributed by atoms with Crippen LogP contribution in [0, 0.1) is 13.8 Å². The van der Waals surface area contributed by atoms with Crippen molar-refractivity contribution in [3.8, 4) is 5.75 Å². The second kappa shape index (κ2) is 9.30. The number of rotatable bonds is 5. The number of hydrogen-bond donors (Lipinski definition) is 2. The predicted molar refractivity (Wildman–Crippen MR) is 103 cm³/mol. The Balaban J connectivity index is 0.00000242. The fraction of sp³-hybridized carbons (Fsp3) is 0.235. The van der Waals surface area contributed by atoms with Crippen molar-refractivity contribution >= 4 is 35.6 Å². The minimum Gasteiger partial charge on any atom is -0.492 e. The van der Waals surface area contributed by atoms with Gasteiger partial charge in [-0.25, -0.2) is 4.99 Å². The van der Waals surface area contributed by atoms with Gasteiger partial charge in [-0.15, -0.1) is 24.0 Å². The van der Waals surface area contributed by atoms with Crippen LogP contribution in [0.5, 0.6) is 5.75 Å². The molecule has 2 aromatic carbocycles. The Morgan fingerprint density at radius 1 is 1.09 bits per heavy atom. The summed E-state index contributed by atoms with van der Waals surface area (Å²) in [5.41, 5.74) is 9.15. The number of ether oxygens (including phenoxy) is 1. The molecule has 0 saturated carbocycles. The number of guanidine groups is 1. The zero-order valence-electron chi connectivity index (χ0n) is 12.9. The number of nitrogens with two attached hydrogens (primary N) is 1. The summed E-state index contributed by atoms with van der Waals surface area (Å²) in [7, 11) is 0. The maximum atomic E-state index is 5.83. The Labute approximate surface area is 148 Å². The molecule has 0 amide bonds. The SMILES string of the molecule is Cc1ccc(NC(N)=NCCOc2cccc(C)c2)cc1.I. The topological polar surface area (TPSA) is 59.6 Å². The maximum Gasteiger partial charge on any atom is 0.193 e. The van der Waals surface area contributed by atoms with Crippen LogP contribution in [0.4, 0.5) is 5.69 Å². The Morgan fingerprint density at radius 2 is 1.82 bits per heavy atom. The lowest BCUT2D eigenvalue weighted by Gasteiger charge is -2.07. The molecule has 22 heavy (non-hydrogen) atoms. The van der Waals surface area contributed by atoms with E-state index in [1.165, 1.54) is 11.1 Å². The van der Waals surface area contributed by atoms with E-state index < -0.39 is 0 Å². The van der Waals surface area contributed by atoms with Gasteiger partial charge in [-0.1, -0.05) is 29.8 Å². The van der Waals surface area contributed by atoms with E-state index in [-0.39, 0.29) is 24.0 Å². The summed E-state index contributed by atoms with van der Waals surface area (Å²) in [6, 6.07) is 15.9. The van der Waals surface area contributed by atoms with E-state index in [9.17, 15) is 0 Å². The summed E-state index contributed by atoms with van der Waals surface area (Å²) in [6.45, 7) is 5.09. The quantitative estimate of drug-likeness (QED) is 0.341. The zero-order chi connectivity index (χ0) is 15.1. The molecule has 5 heteroatoms. The van der Waals surface area contributed by atoms with Gasteiger partial charge in [-0.2, -0.15) is 0 Å². The van der Waals surface area contributed by atoms with Gasteiger partial charge in [0.05, 0.1) is 6.54 Å². The van der Waals surface area contributed by atoms with E-state index in [0.717, 1.165) is 11.4 Å². The fourth-order valence-electron chi connectivity index (χ4n) is 1.86. The van der Waals surface area contributed by atoms with Crippen LogP contribution in [-0.4, -0.2) is 19.1 Å². The third-order valence-corrected chi connectivity index (χ3v) is 2.96. The van der Waals surface area contributed by atoms with Gasteiger partial charge in [0.15, 0.2) is 5.96 Å². The molecule has 0 fully saturated rings. The summed E-state index contributed by atoms with van der Waals surface area (Å²) in [5.74, 6) is 1.25. The second-order valence-corrected chi connectivity index (χ2v) is 4.92. The molecular weight excluding hydrogens is 389 g/mol. The van der Waals surface area contributed by atoms with E-state index in [1.807, 2.05) is 62.4 Å². The van der Waals surface area contributed by atoms with Crippen LogP contribution in [0.2, 0.25) is 0 Å². The van der Waals surface area contributed by atoms with Gasteiger partial charge in [0.25, 0.3) is 0 Å². The van der Waals surface area contributed by atoms with Crippen LogP contribution in [0.15, 0.2) is 53.5 Å². The van der Waals surface area contributed by atoms with Gasteiger partial charge in [-0.05, 0) is 43.7 Å². The molecule has 0 aromatic heterocycles. The normalized spacial score (nSPS) is 10.7. The van der Waals surface area contributed by atoms with E-state index in [2.05, 4.69) is 10.3 Å². The Hall–Kier alpha value is -1.76. The predicted octanol–water partition coefficient (Wildman–Crippen LogP) is 3.73. The van der Waals surface area contributed by atoms with Crippen molar-refractivity contribution in [1.29, 1.82) is 0 Å². The van der Waals surface area contributed by atoms with Crippen LogP contribution in [0.1, 0.15) is 11.1 Å². The Bertz CT molecular complexity index is 612. The molecule has 0 spiro atoms. The molecule has 2 aromatic rings. The molecule has 0 unspecified atom stereocenters. The summed E-state index contributed by atoms with van der Waals surface area (Å²) >= 11 is 0. The van der Waals surface area contributed by atoms with Gasteiger partial charge >= 0.3 is 0 Å². The maximum absolute atomic E-state index is 5.83. The highest BCUT2D eigenvalue weighted by Gasteiger charge is 1.96. The third-order valence-electron chi connectivity index (χ3n) is 2.96. The van der Waals surface area contributed by atoms with E-state index in [4.69, 9.17) is 10.5 Å². The van der Waals surface area contributed by atoms with Gasteiger partial charge in [0, 0.05) is 5.69 Å². The van der Waals surface area contributed by atoms with Gasteiger partial charge in [0.2, 0.25) is 0 Å². The first-order valence-electron chi connectivity index (χ1n) is 6.96. The number of halogens is 1. The molecule has 0 radical (unpaired) electrons. The largest absolute Gasteiger partial charge is 0.492 e. The first-order valence-corrected chi connectivity index (χ1v) is 6.96. The average Bonchev–Trinajstić information content (AvgIpc) is 2.46. The third kappa shape index (κ3) is 6.34. The molecule has 0 bridgehead atoms. The highest BCUT2D eigenvalue weighted by atomic mass is 127. The van der Waals surface area contributed by atoms with Gasteiger partial charge in [-0.3, -0.25) is 0 Å².